The van der Waals surface area contributed by atoms with Crippen LogP contribution in [-0.4, -0.2) is 4.98 Å². The molecule has 3 nitrogen and oxygen atoms in total. The summed E-state index contributed by atoms with van der Waals surface area (Å²) in [6.07, 6.45) is 1.85. The molecule has 0 bridgehead atoms. The molecule has 4 heteroatoms. The zero-order valence-electron chi connectivity index (χ0n) is 6.88. The summed E-state index contributed by atoms with van der Waals surface area (Å²) in [4.78, 5) is 7.61. The number of benzene rings is 1. The monoisotopic (exact) mass is 196 g/mol. The van der Waals surface area contributed by atoms with E-state index in [9.17, 15) is 0 Å². The lowest BCUT2D eigenvalue weighted by Gasteiger charge is -2.00. The Balaban J connectivity index is 2.56. The molecule has 2 aromatic rings. The van der Waals surface area contributed by atoms with Crippen molar-refractivity contribution in [3.63, 3.8) is 0 Å². The van der Waals surface area contributed by atoms with Crippen molar-refractivity contribution in [3.8, 4) is 0 Å². The molecule has 0 saturated heterocycles. The van der Waals surface area contributed by atoms with Crippen molar-refractivity contribution >= 4 is 22.5 Å². The number of aromatic amines is 1. The Morgan fingerprint density at radius 1 is 1.46 bits per heavy atom. The standard InChI is InChI=1S/C9H9ClN2O/c10-8-3-6(5-13-11)4-9-7(8)1-2-12-9/h1-4,12H,5,11H2. The highest BCUT2D eigenvalue weighted by Crippen LogP contribution is 2.24. The minimum atomic E-state index is 0.370. The minimum Gasteiger partial charge on any atom is -0.361 e. The smallest absolute Gasteiger partial charge is 0.0931 e. The van der Waals surface area contributed by atoms with Crippen molar-refractivity contribution in [2.75, 3.05) is 0 Å². The molecule has 0 aliphatic rings. The van der Waals surface area contributed by atoms with Crippen molar-refractivity contribution in [3.05, 3.63) is 35.0 Å². The zero-order valence-corrected chi connectivity index (χ0v) is 7.64. The van der Waals surface area contributed by atoms with Gasteiger partial charge in [0.25, 0.3) is 0 Å². The lowest BCUT2D eigenvalue weighted by Crippen LogP contribution is -1.98. The van der Waals surface area contributed by atoms with Crippen LogP contribution in [0.2, 0.25) is 5.02 Å². The summed E-state index contributed by atoms with van der Waals surface area (Å²) in [6.45, 7) is 0.370. The highest BCUT2D eigenvalue weighted by molar-refractivity contribution is 6.35. The lowest BCUT2D eigenvalue weighted by molar-refractivity contribution is 0.124. The molecular weight excluding hydrogens is 188 g/mol. The Morgan fingerprint density at radius 2 is 2.31 bits per heavy atom. The first-order valence-corrected chi connectivity index (χ1v) is 4.26. The molecule has 1 heterocycles. The number of H-pyrrole nitrogens is 1. The maximum absolute atomic E-state index is 6.02. The third kappa shape index (κ3) is 1.54. The summed E-state index contributed by atoms with van der Waals surface area (Å²) < 4.78 is 0. The van der Waals surface area contributed by atoms with Gasteiger partial charge < -0.3 is 4.98 Å². The molecule has 1 aromatic carbocycles. The van der Waals surface area contributed by atoms with Crippen LogP contribution in [0.5, 0.6) is 0 Å². The summed E-state index contributed by atoms with van der Waals surface area (Å²) in [7, 11) is 0. The van der Waals surface area contributed by atoms with E-state index in [0.29, 0.717) is 11.6 Å². The molecule has 0 radical (unpaired) electrons. The van der Waals surface area contributed by atoms with E-state index in [0.717, 1.165) is 16.5 Å². The largest absolute Gasteiger partial charge is 0.361 e. The first kappa shape index (κ1) is 8.56. The summed E-state index contributed by atoms with van der Waals surface area (Å²) in [5, 5.41) is 1.73. The Kier molecular flexibility index (Phi) is 2.22. The first-order chi connectivity index (χ1) is 6.31. The first-order valence-electron chi connectivity index (χ1n) is 3.88. The van der Waals surface area contributed by atoms with Gasteiger partial charge in [-0.25, -0.2) is 5.90 Å². The quantitative estimate of drug-likeness (QED) is 0.724. The van der Waals surface area contributed by atoms with Crippen LogP contribution in [-0.2, 0) is 11.4 Å². The normalized spacial score (nSPS) is 10.9. The van der Waals surface area contributed by atoms with E-state index in [1.165, 1.54) is 0 Å². The predicted octanol–water partition coefficient (Wildman–Crippen LogP) is 2.21. The summed E-state index contributed by atoms with van der Waals surface area (Å²) >= 11 is 6.02. The number of halogens is 1. The summed E-state index contributed by atoms with van der Waals surface area (Å²) in [5.74, 6) is 4.98. The fraction of sp³-hybridized carbons (Fsp3) is 0.111. The molecule has 1 aromatic heterocycles. The van der Waals surface area contributed by atoms with Gasteiger partial charge in [0.1, 0.15) is 0 Å². The van der Waals surface area contributed by atoms with E-state index in [1.807, 2.05) is 24.4 Å². The second-order valence-electron chi connectivity index (χ2n) is 2.83. The van der Waals surface area contributed by atoms with Gasteiger partial charge >= 0.3 is 0 Å². The van der Waals surface area contributed by atoms with Crippen molar-refractivity contribution in [2.45, 2.75) is 6.61 Å². The van der Waals surface area contributed by atoms with Crippen LogP contribution in [0.1, 0.15) is 5.56 Å². The highest BCUT2D eigenvalue weighted by Gasteiger charge is 2.02. The zero-order chi connectivity index (χ0) is 9.26. The van der Waals surface area contributed by atoms with Crippen LogP contribution >= 0.6 is 11.6 Å². The van der Waals surface area contributed by atoms with Gasteiger partial charge in [0.05, 0.1) is 11.6 Å². The van der Waals surface area contributed by atoms with Gasteiger partial charge in [0.15, 0.2) is 0 Å². The number of fused-ring (bicyclic) bond motifs is 1. The number of hydrogen-bond acceptors (Lipinski definition) is 2. The maximum atomic E-state index is 6.02. The topological polar surface area (TPSA) is 51.0 Å². The van der Waals surface area contributed by atoms with Gasteiger partial charge in [-0.1, -0.05) is 11.6 Å². The SMILES string of the molecule is NOCc1cc(Cl)c2cc[nH]c2c1. The van der Waals surface area contributed by atoms with Gasteiger partial charge in [-0.3, -0.25) is 4.84 Å². The number of nitrogens with two attached hydrogens (primary N) is 1. The molecule has 68 valence electrons. The van der Waals surface area contributed by atoms with E-state index in [-0.39, 0.29) is 0 Å². The summed E-state index contributed by atoms with van der Waals surface area (Å²) in [6, 6.07) is 5.75. The molecule has 0 spiro atoms. The van der Waals surface area contributed by atoms with Crippen LogP contribution in [0.4, 0.5) is 0 Å². The minimum absolute atomic E-state index is 0.370. The highest BCUT2D eigenvalue weighted by atomic mass is 35.5. The van der Waals surface area contributed by atoms with E-state index in [2.05, 4.69) is 9.82 Å². The van der Waals surface area contributed by atoms with Gasteiger partial charge in [0, 0.05) is 17.1 Å². The van der Waals surface area contributed by atoms with Crippen molar-refractivity contribution in [2.24, 2.45) is 5.90 Å². The number of rotatable bonds is 2. The van der Waals surface area contributed by atoms with Gasteiger partial charge in [-0.15, -0.1) is 0 Å². The molecule has 13 heavy (non-hydrogen) atoms. The van der Waals surface area contributed by atoms with E-state index >= 15 is 0 Å². The molecule has 0 unspecified atom stereocenters. The Morgan fingerprint density at radius 3 is 3.08 bits per heavy atom. The van der Waals surface area contributed by atoms with Gasteiger partial charge in [-0.05, 0) is 23.8 Å². The average molecular weight is 197 g/mol. The molecule has 0 saturated carbocycles. The van der Waals surface area contributed by atoms with Crippen LogP contribution in [0, 0.1) is 0 Å². The van der Waals surface area contributed by atoms with Crippen LogP contribution < -0.4 is 5.90 Å². The van der Waals surface area contributed by atoms with E-state index in [4.69, 9.17) is 17.5 Å². The number of aromatic nitrogens is 1. The number of nitrogens with one attached hydrogen (secondary N) is 1. The molecule has 0 amide bonds. The van der Waals surface area contributed by atoms with E-state index in [1.54, 1.807) is 0 Å². The Hall–Kier alpha value is -1.03. The third-order valence-electron chi connectivity index (χ3n) is 1.93. The Bertz CT molecular complexity index is 424. The van der Waals surface area contributed by atoms with Crippen LogP contribution in [0.15, 0.2) is 24.4 Å². The molecule has 0 atom stereocenters. The van der Waals surface area contributed by atoms with Crippen molar-refractivity contribution < 1.29 is 4.84 Å². The average Bonchev–Trinajstić information content (AvgIpc) is 2.53. The lowest BCUT2D eigenvalue weighted by atomic mass is 10.2. The fourth-order valence-electron chi connectivity index (χ4n) is 1.36. The summed E-state index contributed by atoms with van der Waals surface area (Å²) in [5.41, 5.74) is 1.96. The van der Waals surface area contributed by atoms with Crippen molar-refractivity contribution in [1.29, 1.82) is 0 Å². The van der Waals surface area contributed by atoms with E-state index < -0.39 is 0 Å². The number of hydrogen-bond donors (Lipinski definition) is 2. The predicted molar refractivity (Wildman–Crippen MR) is 52.3 cm³/mol. The second kappa shape index (κ2) is 3.38. The van der Waals surface area contributed by atoms with Gasteiger partial charge in [0.2, 0.25) is 0 Å². The molecule has 0 fully saturated rings. The fourth-order valence-corrected chi connectivity index (χ4v) is 1.66. The van der Waals surface area contributed by atoms with Crippen molar-refractivity contribution in [1.82, 2.24) is 4.98 Å². The molecule has 2 rings (SSSR count). The molecule has 0 aliphatic heterocycles. The maximum Gasteiger partial charge on any atom is 0.0931 e. The molecule has 0 aliphatic carbocycles. The Labute approximate surface area is 80.4 Å². The molecule has 3 N–H and O–H groups in total. The van der Waals surface area contributed by atoms with Gasteiger partial charge in [-0.2, -0.15) is 0 Å². The van der Waals surface area contributed by atoms with Crippen LogP contribution in [0.25, 0.3) is 10.9 Å². The third-order valence-corrected chi connectivity index (χ3v) is 2.24. The molecular formula is C9H9ClN2O. The second-order valence-corrected chi connectivity index (χ2v) is 3.23. The van der Waals surface area contributed by atoms with Crippen LogP contribution in [0.3, 0.4) is 0 Å².